The first-order valence-corrected chi connectivity index (χ1v) is 4.67. The molecule has 0 unspecified atom stereocenters. The van der Waals surface area contributed by atoms with Gasteiger partial charge in [0, 0.05) is 13.6 Å². The quantitative estimate of drug-likeness (QED) is 0.763. The van der Waals surface area contributed by atoms with Gasteiger partial charge in [-0.05, 0) is 19.1 Å². The second-order valence-electron chi connectivity index (χ2n) is 2.64. The Morgan fingerprint density at radius 3 is 2.79 bits per heavy atom. The van der Waals surface area contributed by atoms with Crippen molar-refractivity contribution in [3.8, 4) is 0 Å². The molecule has 14 heavy (non-hydrogen) atoms. The lowest BCUT2D eigenvalue weighted by molar-refractivity contribution is 0.248. The maximum absolute atomic E-state index is 11.4. The number of hydrogen-bond donors (Lipinski definition) is 1. The molecule has 2 amide bonds. The molecule has 5 heteroatoms. The van der Waals surface area contributed by atoms with Gasteiger partial charge in [0.05, 0.1) is 11.9 Å². The van der Waals surface area contributed by atoms with Crippen LogP contribution in [0.3, 0.4) is 0 Å². The molecule has 76 valence electrons. The summed E-state index contributed by atoms with van der Waals surface area (Å²) in [6.45, 7) is 2.48. The van der Waals surface area contributed by atoms with E-state index >= 15 is 0 Å². The number of urea groups is 1. The van der Waals surface area contributed by atoms with Crippen molar-refractivity contribution in [2.75, 3.05) is 18.5 Å². The molecular weight excluding hydrogens is 202 g/mol. The van der Waals surface area contributed by atoms with Crippen molar-refractivity contribution in [1.29, 1.82) is 0 Å². The van der Waals surface area contributed by atoms with E-state index in [-0.39, 0.29) is 6.03 Å². The molecule has 1 N–H and O–H groups in total. The summed E-state index contributed by atoms with van der Waals surface area (Å²) in [5.41, 5.74) is 0.733. The molecule has 1 aromatic heterocycles. The second-order valence-corrected chi connectivity index (χ2v) is 3.03. The second kappa shape index (κ2) is 4.81. The Balaban J connectivity index is 2.89. The van der Waals surface area contributed by atoms with E-state index in [1.54, 1.807) is 30.3 Å². The molecular formula is C9H12ClN3O. The van der Waals surface area contributed by atoms with Crippen LogP contribution in [0.4, 0.5) is 10.5 Å². The summed E-state index contributed by atoms with van der Waals surface area (Å²) in [6.07, 6.45) is 1.57. The normalized spacial score (nSPS) is 9.64. The first kappa shape index (κ1) is 10.8. The predicted octanol–water partition coefficient (Wildman–Crippen LogP) is 1.90. The van der Waals surface area contributed by atoms with Crippen LogP contribution in [0, 0.1) is 0 Å². The average molecular weight is 214 g/mol. The predicted molar refractivity (Wildman–Crippen MR) is 56.7 cm³/mol. The number of nitrogens with one attached hydrogen (secondary N) is 1. The molecule has 0 spiro atoms. The van der Waals surface area contributed by atoms with Crippen LogP contribution in [0.25, 0.3) is 0 Å². The van der Waals surface area contributed by atoms with Gasteiger partial charge in [-0.3, -0.25) is 4.90 Å². The molecule has 0 aliphatic heterocycles. The Morgan fingerprint density at radius 2 is 2.36 bits per heavy atom. The van der Waals surface area contributed by atoms with Gasteiger partial charge in [0.2, 0.25) is 0 Å². The molecule has 0 saturated carbocycles. The SMILES string of the molecule is CCN(C(=O)NC)c1ccc(Cl)nc1. The number of anilines is 1. The van der Waals surface area contributed by atoms with Gasteiger partial charge in [0.25, 0.3) is 0 Å². The van der Waals surface area contributed by atoms with E-state index in [1.165, 1.54) is 0 Å². The van der Waals surface area contributed by atoms with Crippen LogP contribution in [0.2, 0.25) is 5.15 Å². The molecule has 0 fully saturated rings. The average Bonchev–Trinajstić information content (AvgIpc) is 2.21. The summed E-state index contributed by atoms with van der Waals surface area (Å²) in [7, 11) is 1.59. The molecule has 0 aliphatic rings. The van der Waals surface area contributed by atoms with Gasteiger partial charge < -0.3 is 5.32 Å². The van der Waals surface area contributed by atoms with Crippen molar-refractivity contribution < 1.29 is 4.79 Å². The molecule has 0 aromatic carbocycles. The maximum atomic E-state index is 11.4. The summed E-state index contributed by atoms with van der Waals surface area (Å²) < 4.78 is 0. The summed E-state index contributed by atoms with van der Waals surface area (Å²) in [4.78, 5) is 16.9. The fourth-order valence-corrected chi connectivity index (χ4v) is 1.22. The number of aromatic nitrogens is 1. The highest BCUT2D eigenvalue weighted by molar-refractivity contribution is 6.29. The van der Waals surface area contributed by atoms with E-state index in [0.717, 1.165) is 5.69 Å². The zero-order valence-corrected chi connectivity index (χ0v) is 8.88. The van der Waals surface area contributed by atoms with Gasteiger partial charge in [-0.25, -0.2) is 9.78 Å². The van der Waals surface area contributed by atoms with Crippen LogP contribution in [-0.4, -0.2) is 24.6 Å². The Morgan fingerprint density at radius 1 is 1.64 bits per heavy atom. The third-order valence-electron chi connectivity index (χ3n) is 1.80. The minimum absolute atomic E-state index is 0.156. The summed E-state index contributed by atoms with van der Waals surface area (Å²) in [6, 6.07) is 3.26. The van der Waals surface area contributed by atoms with Crippen molar-refractivity contribution >= 4 is 23.3 Å². The first-order valence-electron chi connectivity index (χ1n) is 4.29. The molecule has 4 nitrogen and oxygen atoms in total. The number of carbonyl (C=O) groups is 1. The number of pyridine rings is 1. The van der Waals surface area contributed by atoms with Crippen LogP contribution in [-0.2, 0) is 0 Å². The largest absolute Gasteiger partial charge is 0.341 e. The van der Waals surface area contributed by atoms with E-state index in [0.29, 0.717) is 11.7 Å². The Labute approximate surface area is 87.9 Å². The molecule has 0 atom stereocenters. The van der Waals surface area contributed by atoms with Gasteiger partial charge in [-0.15, -0.1) is 0 Å². The number of amides is 2. The Hall–Kier alpha value is -1.29. The van der Waals surface area contributed by atoms with Crippen LogP contribution >= 0.6 is 11.6 Å². The monoisotopic (exact) mass is 213 g/mol. The summed E-state index contributed by atoms with van der Waals surface area (Å²) >= 11 is 5.64. The van der Waals surface area contributed by atoms with Crippen molar-refractivity contribution in [3.63, 3.8) is 0 Å². The van der Waals surface area contributed by atoms with Gasteiger partial charge in [-0.1, -0.05) is 11.6 Å². The third-order valence-corrected chi connectivity index (χ3v) is 2.02. The van der Waals surface area contributed by atoms with Gasteiger partial charge in [0.15, 0.2) is 0 Å². The first-order chi connectivity index (χ1) is 6.69. The fourth-order valence-electron chi connectivity index (χ4n) is 1.11. The number of rotatable bonds is 2. The van der Waals surface area contributed by atoms with E-state index < -0.39 is 0 Å². The lowest BCUT2D eigenvalue weighted by Crippen LogP contribution is -2.37. The van der Waals surface area contributed by atoms with Crippen molar-refractivity contribution in [2.45, 2.75) is 6.92 Å². The molecule has 0 saturated heterocycles. The summed E-state index contributed by atoms with van der Waals surface area (Å²) in [5, 5.41) is 2.97. The Kier molecular flexibility index (Phi) is 3.71. The zero-order chi connectivity index (χ0) is 10.6. The van der Waals surface area contributed by atoms with Crippen LogP contribution in [0.5, 0.6) is 0 Å². The van der Waals surface area contributed by atoms with Crippen LogP contribution in [0.1, 0.15) is 6.92 Å². The van der Waals surface area contributed by atoms with Crippen molar-refractivity contribution in [3.05, 3.63) is 23.5 Å². The van der Waals surface area contributed by atoms with Crippen LogP contribution < -0.4 is 10.2 Å². The fraction of sp³-hybridized carbons (Fsp3) is 0.333. The van der Waals surface area contributed by atoms with E-state index in [4.69, 9.17) is 11.6 Å². The highest BCUT2D eigenvalue weighted by Crippen LogP contribution is 2.14. The molecule has 0 aliphatic carbocycles. The topological polar surface area (TPSA) is 45.2 Å². The lowest BCUT2D eigenvalue weighted by atomic mass is 10.4. The standard InChI is InChI=1S/C9H12ClN3O/c1-3-13(9(14)11-2)7-4-5-8(10)12-6-7/h4-6H,3H2,1-2H3,(H,11,14). The van der Waals surface area contributed by atoms with Crippen LogP contribution in [0.15, 0.2) is 18.3 Å². The zero-order valence-electron chi connectivity index (χ0n) is 8.12. The summed E-state index contributed by atoms with van der Waals surface area (Å²) in [5.74, 6) is 0. The molecule has 1 rings (SSSR count). The Bertz CT molecular complexity index is 312. The maximum Gasteiger partial charge on any atom is 0.321 e. The lowest BCUT2D eigenvalue weighted by Gasteiger charge is -2.19. The minimum atomic E-state index is -0.156. The van der Waals surface area contributed by atoms with Gasteiger partial charge in [-0.2, -0.15) is 0 Å². The third kappa shape index (κ3) is 2.35. The van der Waals surface area contributed by atoms with Crippen molar-refractivity contribution in [1.82, 2.24) is 10.3 Å². The van der Waals surface area contributed by atoms with E-state index in [1.807, 2.05) is 6.92 Å². The molecule has 1 aromatic rings. The number of carbonyl (C=O) groups excluding carboxylic acids is 1. The van der Waals surface area contributed by atoms with Crippen molar-refractivity contribution in [2.24, 2.45) is 0 Å². The smallest absolute Gasteiger partial charge is 0.321 e. The number of halogens is 1. The molecule has 0 radical (unpaired) electrons. The van der Waals surface area contributed by atoms with Gasteiger partial charge >= 0.3 is 6.03 Å². The number of nitrogens with zero attached hydrogens (tertiary/aromatic N) is 2. The van der Waals surface area contributed by atoms with E-state index in [2.05, 4.69) is 10.3 Å². The molecule has 0 bridgehead atoms. The highest BCUT2D eigenvalue weighted by Gasteiger charge is 2.11. The van der Waals surface area contributed by atoms with E-state index in [9.17, 15) is 4.79 Å². The highest BCUT2D eigenvalue weighted by atomic mass is 35.5. The molecule has 1 heterocycles. The van der Waals surface area contributed by atoms with Gasteiger partial charge in [0.1, 0.15) is 5.15 Å². The number of hydrogen-bond acceptors (Lipinski definition) is 2. The minimum Gasteiger partial charge on any atom is -0.341 e.